The molecule has 0 bridgehead atoms. The molecule has 0 fully saturated rings. The van der Waals surface area contributed by atoms with Gasteiger partial charge in [-0.1, -0.05) is 59.6 Å². The van der Waals surface area contributed by atoms with Gasteiger partial charge in [0.1, 0.15) is 19.6 Å². The van der Waals surface area contributed by atoms with Crippen LogP contribution in [0.1, 0.15) is 53.4 Å². The predicted octanol–water partition coefficient (Wildman–Crippen LogP) is 5.34. The van der Waals surface area contributed by atoms with E-state index in [1.54, 1.807) is 27.7 Å². The van der Waals surface area contributed by atoms with Crippen LogP contribution in [-0.4, -0.2) is 60.1 Å². The highest BCUT2D eigenvalue weighted by atomic mass is 79.9. The van der Waals surface area contributed by atoms with Crippen LogP contribution in [0.2, 0.25) is 0 Å². The van der Waals surface area contributed by atoms with Gasteiger partial charge in [0.2, 0.25) is 0 Å². The van der Waals surface area contributed by atoms with E-state index < -0.39 is 71.2 Å². The fraction of sp³-hybridized carbons (Fsp3) is 0.500. The molecule has 0 aliphatic rings. The highest BCUT2D eigenvalue weighted by Crippen LogP contribution is 2.45. The second kappa shape index (κ2) is 15.4. The lowest BCUT2D eigenvalue weighted by Crippen LogP contribution is -2.18. The Morgan fingerprint density at radius 3 is 0.810 bits per heavy atom. The van der Waals surface area contributed by atoms with Crippen LogP contribution in [0.4, 0.5) is 0 Å². The summed E-state index contributed by atoms with van der Waals surface area (Å²) in [4.78, 5) is -3.31. The van der Waals surface area contributed by atoms with E-state index in [9.17, 15) is 33.7 Å². The summed E-state index contributed by atoms with van der Waals surface area (Å²) in [5.74, 6) is 0. The average molecular weight is 801 g/mol. The fourth-order valence-electron chi connectivity index (χ4n) is 3.42. The lowest BCUT2D eigenvalue weighted by atomic mass is 10.1. The minimum absolute atomic E-state index is 0.0565. The zero-order chi connectivity index (χ0) is 31.9. The monoisotopic (exact) mass is 798 g/mol. The Hall–Kier alpha value is -0.960. The van der Waals surface area contributed by atoms with Crippen molar-refractivity contribution in [3.05, 3.63) is 33.2 Å². The molecule has 2 aromatic carbocycles. The van der Waals surface area contributed by atoms with Crippen molar-refractivity contribution in [1.82, 2.24) is 0 Å². The largest absolute Gasteiger partial charge is 0.297 e. The van der Waals surface area contributed by atoms with E-state index in [-0.39, 0.29) is 61.1 Å². The highest BCUT2D eigenvalue weighted by molar-refractivity contribution is 9.10. The third kappa shape index (κ3) is 9.04. The van der Waals surface area contributed by atoms with Crippen molar-refractivity contribution < 1.29 is 50.4 Å². The summed E-state index contributed by atoms with van der Waals surface area (Å²) in [6.07, 6.45) is 1.00. The van der Waals surface area contributed by atoms with Crippen LogP contribution in [0, 0.1) is 0 Å². The number of rotatable bonds is 17. The smallest absolute Gasteiger partial charge is 0.266 e. The molecule has 0 aliphatic heterocycles. The third-order valence-electron chi connectivity index (χ3n) is 5.16. The number of benzene rings is 2. The van der Waals surface area contributed by atoms with Crippen LogP contribution in [0.3, 0.4) is 0 Å². The average Bonchev–Trinajstić information content (AvgIpc) is 2.92. The van der Waals surface area contributed by atoms with Crippen LogP contribution in [0.5, 0.6) is 0 Å². The minimum Gasteiger partial charge on any atom is -0.266 e. The van der Waals surface area contributed by atoms with Crippen LogP contribution >= 0.6 is 31.9 Å². The van der Waals surface area contributed by atoms with E-state index in [1.807, 2.05) is 0 Å². The minimum atomic E-state index is -4.83. The molecule has 0 heterocycles. The summed E-state index contributed by atoms with van der Waals surface area (Å²) in [6.45, 7) is 5.30. The summed E-state index contributed by atoms with van der Waals surface area (Å²) < 4.78 is 128. The molecule has 0 aromatic heterocycles. The molecule has 0 unspecified atom stereocenters. The second-order valence-electron chi connectivity index (χ2n) is 8.66. The van der Waals surface area contributed by atoms with Crippen molar-refractivity contribution in [2.75, 3.05) is 26.4 Å². The maximum atomic E-state index is 13.5. The van der Waals surface area contributed by atoms with Gasteiger partial charge in [-0.25, -0.2) is 0 Å². The van der Waals surface area contributed by atoms with Crippen molar-refractivity contribution in [1.29, 1.82) is 0 Å². The van der Waals surface area contributed by atoms with E-state index in [4.69, 9.17) is 16.7 Å². The summed E-state index contributed by atoms with van der Waals surface area (Å²) in [7, 11) is -19.3. The normalized spacial score (nSPS) is 13.0. The molecule has 0 spiro atoms. The van der Waals surface area contributed by atoms with Gasteiger partial charge in [-0.3, -0.25) is 16.7 Å². The maximum Gasteiger partial charge on any atom is 0.297 e. The quantitative estimate of drug-likeness (QED) is 0.188. The molecule has 0 saturated carbocycles. The van der Waals surface area contributed by atoms with Crippen molar-refractivity contribution in [3.63, 3.8) is 0 Å². The molecule has 0 saturated heterocycles. The molecule has 0 aliphatic carbocycles. The van der Waals surface area contributed by atoms with Crippen molar-refractivity contribution in [2.45, 2.75) is 73.0 Å². The molecule has 18 heteroatoms. The lowest BCUT2D eigenvalue weighted by molar-refractivity contribution is 0.314. The van der Waals surface area contributed by atoms with Gasteiger partial charge in [0, 0.05) is 20.1 Å². The van der Waals surface area contributed by atoms with Gasteiger partial charge >= 0.3 is 0 Å². The van der Waals surface area contributed by atoms with Gasteiger partial charge in [0.25, 0.3) is 40.5 Å². The van der Waals surface area contributed by atoms with E-state index >= 15 is 0 Å². The van der Waals surface area contributed by atoms with Crippen molar-refractivity contribution in [2.24, 2.45) is 0 Å². The molecule has 42 heavy (non-hydrogen) atoms. The van der Waals surface area contributed by atoms with Crippen LogP contribution in [0.25, 0.3) is 11.1 Å². The Balaban J connectivity index is 3.36. The molecular weight excluding hydrogens is 768 g/mol. The van der Waals surface area contributed by atoms with E-state index in [0.29, 0.717) is 0 Å². The Kier molecular flexibility index (Phi) is 13.6. The first-order valence-corrected chi connectivity index (χ1v) is 20.0. The Morgan fingerprint density at radius 2 is 0.643 bits per heavy atom. The van der Waals surface area contributed by atoms with Gasteiger partial charge in [0.15, 0.2) is 0 Å². The summed E-state index contributed by atoms with van der Waals surface area (Å²) >= 11 is 6.21. The maximum absolute atomic E-state index is 13.5. The SMILES string of the molecule is CCCOS(=O)(=O)c1cc(Br)cc(S(=O)(=O)OCCC)c1-c1c(S(=O)(=O)OCCC)cc(Br)cc1S(=O)(=O)OCCC. The number of hydrogen-bond donors (Lipinski definition) is 0. The van der Waals surface area contributed by atoms with Crippen molar-refractivity contribution >= 4 is 72.3 Å². The standard InChI is InChI=1S/C24H32Br2O12S4/c1-5-9-35-39(27,28)19-13-17(25)14-20(40(29,30)36-10-6-2)23(19)24-21(41(31,32)37-11-7-3)15-18(26)16-22(24)42(33,34)38-12-8-4/h13-16H,5-12H2,1-4H3. The highest BCUT2D eigenvalue weighted by Gasteiger charge is 2.38. The molecule has 0 atom stereocenters. The molecule has 2 rings (SSSR count). The van der Waals surface area contributed by atoms with E-state index in [2.05, 4.69) is 31.9 Å². The fourth-order valence-corrected chi connectivity index (χ4v) is 10.1. The molecule has 2 aromatic rings. The second-order valence-corrected chi connectivity index (χ2v) is 16.8. The van der Waals surface area contributed by atoms with Crippen LogP contribution < -0.4 is 0 Å². The first-order valence-electron chi connectivity index (χ1n) is 12.7. The van der Waals surface area contributed by atoms with E-state index in [1.165, 1.54) is 0 Å². The third-order valence-corrected chi connectivity index (χ3v) is 11.4. The van der Waals surface area contributed by atoms with Gasteiger partial charge in [-0.05, 0) is 49.9 Å². The summed E-state index contributed by atoms with van der Waals surface area (Å²) in [5.41, 5.74) is -1.62. The molecule has 238 valence electrons. The van der Waals surface area contributed by atoms with Crippen LogP contribution in [0.15, 0.2) is 52.8 Å². The Bertz CT molecular complexity index is 1460. The number of halogens is 2. The Labute approximate surface area is 264 Å². The predicted molar refractivity (Wildman–Crippen MR) is 161 cm³/mol. The van der Waals surface area contributed by atoms with Gasteiger partial charge in [0.05, 0.1) is 26.4 Å². The number of hydrogen-bond acceptors (Lipinski definition) is 12. The van der Waals surface area contributed by atoms with Crippen molar-refractivity contribution in [3.8, 4) is 11.1 Å². The van der Waals surface area contributed by atoms with E-state index in [0.717, 1.165) is 24.3 Å². The molecule has 0 N–H and O–H groups in total. The zero-order valence-corrected chi connectivity index (χ0v) is 29.7. The topological polar surface area (TPSA) is 173 Å². The molecule has 0 radical (unpaired) electrons. The molecule has 12 nitrogen and oxygen atoms in total. The molecule has 0 amide bonds. The lowest BCUT2D eigenvalue weighted by Gasteiger charge is -2.21. The summed E-state index contributed by atoms with van der Waals surface area (Å²) in [5, 5.41) is 0. The first kappa shape index (κ1) is 37.2. The Morgan fingerprint density at radius 1 is 0.452 bits per heavy atom. The van der Waals surface area contributed by atoms with Gasteiger partial charge in [-0.15, -0.1) is 0 Å². The molecular formula is C24H32Br2O12S4. The van der Waals surface area contributed by atoms with Gasteiger partial charge in [-0.2, -0.15) is 33.7 Å². The first-order chi connectivity index (χ1) is 19.5. The van der Waals surface area contributed by atoms with Crippen LogP contribution in [-0.2, 0) is 57.2 Å². The zero-order valence-electron chi connectivity index (χ0n) is 23.3. The summed E-state index contributed by atoms with van der Waals surface area (Å²) in [6, 6.07) is 3.92. The van der Waals surface area contributed by atoms with Gasteiger partial charge < -0.3 is 0 Å².